The molecule has 2 aliphatic heterocycles. The monoisotopic (exact) mass is 270 g/mol. The lowest BCUT2D eigenvalue weighted by Crippen LogP contribution is -2.32. The Morgan fingerprint density at radius 1 is 1.15 bits per heavy atom. The van der Waals surface area contributed by atoms with Crippen LogP contribution in [0, 0.1) is 5.92 Å². The van der Waals surface area contributed by atoms with Crippen molar-refractivity contribution in [2.24, 2.45) is 5.92 Å². The Bertz CT molecular complexity index is 598. The third kappa shape index (κ3) is 2.15. The van der Waals surface area contributed by atoms with Crippen molar-refractivity contribution in [2.75, 3.05) is 19.8 Å². The van der Waals surface area contributed by atoms with Crippen molar-refractivity contribution in [1.82, 2.24) is 10.3 Å². The zero-order valence-corrected chi connectivity index (χ0v) is 11.8. The van der Waals surface area contributed by atoms with Crippen LogP contribution in [-0.2, 0) is 11.2 Å². The van der Waals surface area contributed by atoms with Gasteiger partial charge in [0.25, 0.3) is 0 Å². The Morgan fingerprint density at radius 2 is 2.00 bits per heavy atom. The predicted octanol–water partition coefficient (Wildman–Crippen LogP) is 3.17. The maximum atomic E-state index is 5.48. The van der Waals surface area contributed by atoms with Crippen LogP contribution in [0.4, 0.5) is 0 Å². The van der Waals surface area contributed by atoms with Gasteiger partial charge >= 0.3 is 0 Å². The van der Waals surface area contributed by atoms with Gasteiger partial charge < -0.3 is 15.0 Å². The third-order valence-electron chi connectivity index (χ3n) is 4.87. The summed E-state index contributed by atoms with van der Waals surface area (Å²) in [5.74, 6) is 0.804. The van der Waals surface area contributed by atoms with Gasteiger partial charge in [0.1, 0.15) is 0 Å². The molecule has 3 nitrogen and oxygen atoms in total. The molecule has 3 heteroatoms. The van der Waals surface area contributed by atoms with Crippen molar-refractivity contribution in [3.05, 3.63) is 35.5 Å². The zero-order valence-electron chi connectivity index (χ0n) is 11.8. The molecule has 1 saturated heterocycles. The fraction of sp³-hybridized carbons (Fsp3) is 0.529. The lowest BCUT2D eigenvalue weighted by molar-refractivity contribution is 0.0601. The highest BCUT2D eigenvalue weighted by Gasteiger charge is 2.26. The van der Waals surface area contributed by atoms with Crippen LogP contribution in [0.1, 0.15) is 36.6 Å². The second-order valence-electron chi connectivity index (χ2n) is 6.11. The molecule has 1 aromatic heterocycles. The van der Waals surface area contributed by atoms with E-state index < -0.39 is 0 Å². The number of benzene rings is 1. The van der Waals surface area contributed by atoms with Crippen LogP contribution < -0.4 is 5.32 Å². The van der Waals surface area contributed by atoms with E-state index in [1.54, 1.807) is 0 Å². The minimum absolute atomic E-state index is 0.495. The van der Waals surface area contributed by atoms with Gasteiger partial charge in [-0.3, -0.25) is 0 Å². The molecule has 0 amide bonds. The number of nitrogens with one attached hydrogen (secondary N) is 2. The average molecular weight is 270 g/mol. The average Bonchev–Trinajstić information content (AvgIpc) is 2.88. The second kappa shape index (κ2) is 5.23. The maximum absolute atomic E-state index is 5.48. The molecule has 106 valence electrons. The summed E-state index contributed by atoms with van der Waals surface area (Å²) in [6, 6.07) is 9.20. The summed E-state index contributed by atoms with van der Waals surface area (Å²) in [7, 11) is 0. The molecule has 4 rings (SSSR count). The second-order valence-corrected chi connectivity index (χ2v) is 6.11. The molecular formula is C17H22N2O. The van der Waals surface area contributed by atoms with Gasteiger partial charge in [-0.2, -0.15) is 0 Å². The van der Waals surface area contributed by atoms with E-state index in [9.17, 15) is 0 Å². The van der Waals surface area contributed by atoms with E-state index in [0.717, 1.165) is 32.1 Å². The van der Waals surface area contributed by atoms with Crippen LogP contribution in [0.2, 0.25) is 0 Å². The van der Waals surface area contributed by atoms with Crippen LogP contribution in [0.5, 0.6) is 0 Å². The molecule has 2 aromatic rings. The minimum Gasteiger partial charge on any atom is -0.381 e. The van der Waals surface area contributed by atoms with Gasteiger partial charge in [-0.05, 0) is 49.8 Å². The fourth-order valence-corrected chi connectivity index (χ4v) is 3.78. The SMILES string of the molecule is c1ccc2c3c([nH]c2c1)[C@H](CC1CCOCC1)NCC3. The first-order chi connectivity index (χ1) is 9.92. The van der Waals surface area contributed by atoms with Gasteiger partial charge in [0.2, 0.25) is 0 Å². The standard InChI is InChI=1S/C17H22N2O/c1-2-4-15-13(3-1)14-5-8-18-16(17(14)19-15)11-12-6-9-20-10-7-12/h1-4,12,16,18-19H,5-11H2/t16-/m0/s1. The number of hydrogen-bond acceptors (Lipinski definition) is 2. The van der Waals surface area contributed by atoms with E-state index in [2.05, 4.69) is 34.6 Å². The number of fused-ring (bicyclic) bond motifs is 3. The molecule has 2 aliphatic rings. The molecule has 1 atom stereocenters. The largest absolute Gasteiger partial charge is 0.381 e. The number of aromatic nitrogens is 1. The van der Waals surface area contributed by atoms with Gasteiger partial charge in [-0.1, -0.05) is 18.2 Å². The Hall–Kier alpha value is -1.32. The summed E-state index contributed by atoms with van der Waals surface area (Å²) in [6.45, 7) is 2.98. The van der Waals surface area contributed by atoms with Crippen molar-refractivity contribution in [2.45, 2.75) is 31.7 Å². The highest BCUT2D eigenvalue weighted by Crippen LogP contribution is 2.34. The van der Waals surface area contributed by atoms with Crippen molar-refractivity contribution in [3.63, 3.8) is 0 Å². The molecule has 0 aliphatic carbocycles. The van der Waals surface area contributed by atoms with Gasteiger partial charge in [-0.25, -0.2) is 0 Å². The number of rotatable bonds is 2. The molecule has 0 spiro atoms. The van der Waals surface area contributed by atoms with Gasteiger partial charge in [0, 0.05) is 35.9 Å². The van der Waals surface area contributed by atoms with Gasteiger partial charge in [0.15, 0.2) is 0 Å². The molecule has 3 heterocycles. The van der Waals surface area contributed by atoms with E-state index in [4.69, 9.17) is 4.74 Å². The summed E-state index contributed by atoms with van der Waals surface area (Å²) in [5.41, 5.74) is 4.26. The van der Waals surface area contributed by atoms with Crippen LogP contribution in [-0.4, -0.2) is 24.7 Å². The topological polar surface area (TPSA) is 37.0 Å². The first-order valence-corrected chi connectivity index (χ1v) is 7.82. The van der Waals surface area contributed by atoms with E-state index >= 15 is 0 Å². The zero-order chi connectivity index (χ0) is 13.4. The summed E-state index contributed by atoms with van der Waals surface area (Å²) >= 11 is 0. The van der Waals surface area contributed by atoms with Gasteiger partial charge in [0.05, 0.1) is 0 Å². The lowest BCUT2D eigenvalue weighted by Gasteiger charge is -2.30. The predicted molar refractivity (Wildman–Crippen MR) is 80.9 cm³/mol. The molecule has 20 heavy (non-hydrogen) atoms. The molecule has 1 fully saturated rings. The highest BCUT2D eigenvalue weighted by atomic mass is 16.5. The smallest absolute Gasteiger partial charge is 0.0478 e. The normalized spacial score (nSPS) is 23.9. The van der Waals surface area contributed by atoms with E-state index in [1.165, 1.54) is 41.4 Å². The van der Waals surface area contributed by atoms with Crippen LogP contribution in [0.25, 0.3) is 10.9 Å². The fourth-order valence-electron chi connectivity index (χ4n) is 3.78. The van der Waals surface area contributed by atoms with Gasteiger partial charge in [-0.15, -0.1) is 0 Å². The van der Waals surface area contributed by atoms with Crippen LogP contribution >= 0.6 is 0 Å². The van der Waals surface area contributed by atoms with Crippen molar-refractivity contribution >= 4 is 10.9 Å². The number of H-pyrrole nitrogens is 1. The maximum Gasteiger partial charge on any atom is 0.0478 e. The molecular weight excluding hydrogens is 248 g/mol. The molecule has 2 N–H and O–H groups in total. The highest BCUT2D eigenvalue weighted by molar-refractivity contribution is 5.85. The Morgan fingerprint density at radius 3 is 2.90 bits per heavy atom. The number of ether oxygens (including phenoxy) is 1. The van der Waals surface area contributed by atoms with Crippen molar-refractivity contribution < 1.29 is 4.74 Å². The Labute approximate surface area is 119 Å². The molecule has 0 saturated carbocycles. The van der Waals surface area contributed by atoms with E-state index in [1.807, 2.05) is 0 Å². The lowest BCUT2D eigenvalue weighted by atomic mass is 9.88. The van der Waals surface area contributed by atoms with Crippen molar-refractivity contribution in [3.8, 4) is 0 Å². The molecule has 0 bridgehead atoms. The third-order valence-corrected chi connectivity index (χ3v) is 4.87. The Balaban J connectivity index is 1.63. The molecule has 0 unspecified atom stereocenters. The van der Waals surface area contributed by atoms with Crippen LogP contribution in [0.3, 0.4) is 0 Å². The molecule has 1 aromatic carbocycles. The van der Waals surface area contributed by atoms with Crippen molar-refractivity contribution in [1.29, 1.82) is 0 Å². The number of hydrogen-bond donors (Lipinski definition) is 2. The minimum atomic E-state index is 0.495. The first-order valence-electron chi connectivity index (χ1n) is 7.82. The quantitative estimate of drug-likeness (QED) is 0.879. The summed E-state index contributed by atoms with van der Waals surface area (Å²) in [6.07, 6.45) is 4.81. The summed E-state index contributed by atoms with van der Waals surface area (Å²) in [5, 5.41) is 5.13. The first kappa shape index (κ1) is 12.4. The Kier molecular flexibility index (Phi) is 3.25. The number of aromatic amines is 1. The molecule has 0 radical (unpaired) electrons. The van der Waals surface area contributed by atoms with E-state index in [0.29, 0.717) is 6.04 Å². The summed E-state index contributed by atoms with van der Waals surface area (Å²) in [4.78, 5) is 3.66. The summed E-state index contributed by atoms with van der Waals surface area (Å²) < 4.78 is 5.48. The van der Waals surface area contributed by atoms with E-state index in [-0.39, 0.29) is 0 Å². The van der Waals surface area contributed by atoms with Crippen LogP contribution in [0.15, 0.2) is 24.3 Å². The number of para-hydroxylation sites is 1.